The molecule has 1 aliphatic heterocycles. The van der Waals surface area contributed by atoms with Crippen LogP contribution in [0.25, 0.3) is 0 Å². The molecular weight excluding hydrogens is 377 g/mol. The Kier molecular flexibility index (Phi) is 6.66. The highest BCUT2D eigenvalue weighted by Gasteiger charge is 2.18. The van der Waals surface area contributed by atoms with Gasteiger partial charge in [-0.1, -0.05) is 6.07 Å². The lowest BCUT2D eigenvalue weighted by molar-refractivity contribution is -0.881. The number of amides is 2. The molecule has 0 aromatic heterocycles. The number of benzene rings is 2. The van der Waals surface area contributed by atoms with E-state index in [9.17, 15) is 14.0 Å². The maximum atomic E-state index is 13.6. The molecule has 3 rings (SSSR count). The van der Waals surface area contributed by atoms with Crippen molar-refractivity contribution in [2.45, 2.75) is 13.8 Å². The number of carbonyl (C=O) groups excluding carboxylic acids is 2. The van der Waals surface area contributed by atoms with Crippen LogP contribution in [0.2, 0.25) is 0 Å². The first-order valence-corrected chi connectivity index (χ1v) is 9.53. The van der Waals surface area contributed by atoms with Crippen molar-refractivity contribution in [2.75, 3.05) is 43.5 Å². The smallest absolute Gasteiger partial charge is 0.279 e. The van der Waals surface area contributed by atoms with Crippen molar-refractivity contribution in [1.29, 1.82) is 0 Å². The average Bonchev–Trinajstić information content (AvgIpc) is 2.70. The number of anilines is 2. The van der Waals surface area contributed by atoms with Crippen LogP contribution < -0.4 is 25.0 Å². The van der Waals surface area contributed by atoms with Gasteiger partial charge in [-0.05, 0) is 43.7 Å². The summed E-state index contributed by atoms with van der Waals surface area (Å²) in [6.07, 6.45) is 0. The van der Waals surface area contributed by atoms with Gasteiger partial charge in [-0.2, -0.15) is 0 Å². The second-order valence-electron chi connectivity index (χ2n) is 6.88. The summed E-state index contributed by atoms with van der Waals surface area (Å²) in [5, 5.41) is 5.49. The number of quaternary nitrogens is 1. The molecule has 2 aromatic carbocycles. The Labute approximate surface area is 168 Å². The first kappa shape index (κ1) is 20.6. The summed E-state index contributed by atoms with van der Waals surface area (Å²) in [4.78, 5) is 25.4. The fraction of sp³-hybridized carbons (Fsp3) is 0.333. The minimum Gasteiger partial charge on any atom is -0.486 e. The number of hydrogen-bond donors (Lipinski definition) is 3. The number of aryl methyl sites for hydroxylation is 1. The van der Waals surface area contributed by atoms with Gasteiger partial charge in [0.15, 0.2) is 24.6 Å². The van der Waals surface area contributed by atoms with Gasteiger partial charge in [0.05, 0.1) is 6.54 Å². The van der Waals surface area contributed by atoms with Crippen molar-refractivity contribution in [1.82, 2.24) is 0 Å². The summed E-state index contributed by atoms with van der Waals surface area (Å²) in [5.41, 5.74) is 1.52. The van der Waals surface area contributed by atoms with E-state index in [-0.39, 0.29) is 30.7 Å². The number of likely N-dealkylation sites (N-methyl/N-ethyl adjacent to an activating group) is 1. The SMILES string of the molecule is CC[NH+](CC(=O)Nc1ccc(C)c(F)c1)CC(=O)Nc1ccc2c(c1)OCCO2. The van der Waals surface area contributed by atoms with Gasteiger partial charge in [0.1, 0.15) is 19.0 Å². The normalized spacial score (nSPS) is 13.5. The van der Waals surface area contributed by atoms with Crippen molar-refractivity contribution in [3.63, 3.8) is 0 Å². The predicted octanol–water partition coefficient (Wildman–Crippen LogP) is 1.39. The van der Waals surface area contributed by atoms with Crippen LogP contribution in [0.4, 0.5) is 15.8 Å². The topological polar surface area (TPSA) is 81.1 Å². The minimum absolute atomic E-state index is 0.0978. The number of rotatable bonds is 7. The van der Waals surface area contributed by atoms with E-state index in [1.807, 2.05) is 6.92 Å². The highest BCUT2D eigenvalue weighted by Crippen LogP contribution is 2.32. The molecule has 2 amide bonds. The predicted molar refractivity (Wildman–Crippen MR) is 107 cm³/mol. The van der Waals surface area contributed by atoms with E-state index in [2.05, 4.69) is 10.6 Å². The molecule has 29 heavy (non-hydrogen) atoms. The molecule has 0 spiro atoms. The molecule has 1 heterocycles. The molecule has 8 heteroatoms. The molecule has 0 radical (unpaired) electrons. The summed E-state index contributed by atoms with van der Waals surface area (Å²) < 4.78 is 24.6. The Hall–Kier alpha value is -3.13. The molecule has 1 unspecified atom stereocenters. The highest BCUT2D eigenvalue weighted by atomic mass is 19.1. The molecule has 0 bridgehead atoms. The molecule has 0 saturated carbocycles. The number of carbonyl (C=O) groups is 2. The van der Waals surface area contributed by atoms with Gasteiger partial charge in [-0.3, -0.25) is 9.59 Å². The van der Waals surface area contributed by atoms with E-state index < -0.39 is 0 Å². The molecule has 154 valence electrons. The highest BCUT2D eigenvalue weighted by molar-refractivity contribution is 5.93. The van der Waals surface area contributed by atoms with Crippen LogP contribution >= 0.6 is 0 Å². The molecule has 0 aliphatic carbocycles. The summed E-state index contributed by atoms with van der Waals surface area (Å²) in [7, 11) is 0. The first-order chi connectivity index (χ1) is 13.9. The van der Waals surface area contributed by atoms with E-state index in [0.717, 1.165) is 4.90 Å². The van der Waals surface area contributed by atoms with Crippen LogP contribution in [0.3, 0.4) is 0 Å². The Bertz CT molecular complexity index is 903. The van der Waals surface area contributed by atoms with Crippen LogP contribution in [-0.4, -0.2) is 44.7 Å². The summed E-state index contributed by atoms with van der Waals surface area (Å²) in [6.45, 7) is 5.34. The van der Waals surface area contributed by atoms with Gasteiger partial charge in [-0.15, -0.1) is 0 Å². The van der Waals surface area contributed by atoms with Gasteiger partial charge >= 0.3 is 0 Å². The number of halogens is 1. The van der Waals surface area contributed by atoms with Gasteiger partial charge in [0.2, 0.25) is 0 Å². The van der Waals surface area contributed by atoms with E-state index in [4.69, 9.17) is 9.47 Å². The Morgan fingerprint density at radius 2 is 1.55 bits per heavy atom. The fourth-order valence-electron chi connectivity index (χ4n) is 2.97. The van der Waals surface area contributed by atoms with Crippen LogP contribution in [0.1, 0.15) is 12.5 Å². The largest absolute Gasteiger partial charge is 0.486 e. The lowest BCUT2D eigenvalue weighted by Crippen LogP contribution is -3.13. The standard InChI is InChI=1S/C21H24FN3O4/c1-3-25(12-20(26)23-15-5-4-14(2)17(22)10-15)13-21(27)24-16-6-7-18-19(11-16)29-9-8-28-18/h4-7,10-11H,3,8-9,12-13H2,1-2H3,(H,23,26)(H,24,27)/p+1. The summed E-state index contributed by atoms with van der Waals surface area (Å²) in [5.74, 6) is 0.379. The molecule has 0 fully saturated rings. The molecule has 0 saturated heterocycles. The fourth-order valence-corrected chi connectivity index (χ4v) is 2.97. The van der Waals surface area contributed by atoms with Gasteiger partial charge in [-0.25, -0.2) is 4.39 Å². The average molecular weight is 402 g/mol. The Morgan fingerprint density at radius 1 is 0.966 bits per heavy atom. The first-order valence-electron chi connectivity index (χ1n) is 9.53. The van der Waals surface area contributed by atoms with Crippen molar-refractivity contribution in [3.05, 3.63) is 47.8 Å². The van der Waals surface area contributed by atoms with Gasteiger partial charge < -0.3 is 25.0 Å². The number of fused-ring (bicyclic) bond motifs is 1. The molecule has 7 nitrogen and oxygen atoms in total. The molecule has 1 aliphatic rings. The Balaban J connectivity index is 1.52. The zero-order chi connectivity index (χ0) is 20.8. The van der Waals surface area contributed by atoms with Gasteiger partial charge in [0.25, 0.3) is 11.8 Å². The van der Waals surface area contributed by atoms with Crippen molar-refractivity contribution >= 4 is 23.2 Å². The van der Waals surface area contributed by atoms with Crippen LogP contribution in [0.15, 0.2) is 36.4 Å². The van der Waals surface area contributed by atoms with Gasteiger partial charge in [0, 0.05) is 17.4 Å². The Morgan fingerprint density at radius 3 is 2.17 bits per heavy atom. The molecule has 3 N–H and O–H groups in total. The zero-order valence-corrected chi connectivity index (χ0v) is 16.5. The molecular formula is C21H25FN3O4+. The zero-order valence-electron chi connectivity index (χ0n) is 16.5. The lowest BCUT2D eigenvalue weighted by atomic mass is 10.2. The maximum Gasteiger partial charge on any atom is 0.279 e. The third-order valence-corrected chi connectivity index (χ3v) is 4.60. The third kappa shape index (κ3) is 5.68. The second-order valence-corrected chi connectivity index (χ2v) is 6.88. The molecule has 2 aromatic rings. The van der Waals surface area contributed by atoms with E-state index >= 15 is 0 Å². The van der Waals surface area contributed by atoms with Crippen molar-refractivity contribution < 1.29 is 28.4 Å². The molecule has 1 atom stereocenters. The van der Waals surface area contributed by atoms with E-state index in [1.54, 1.807) is 37.3 Å². The number of hydrogen-bond acceptors (Lipinski definition) is 4. The maximum absolute atomic E-state index is 13.6. The van der Waals surface area contributed by atoms with E-state index in [0.29, 0.717) is 48.2 Å². The monoisotopic (exact) mass is 402 g/mol. The van der Waals surface area contributed by atoms with Crippen LogP contribution in [0.5, 0.6) is 11.5 Å². The minimum atomic E-state index is -0.374. The lowest BCUT2D eigenvalue weighted by Gasteiger charge is -2.20. The quantitative estimate of drug-likeness (QED) is 0.654. The van der Waals surface area contributed by atoms with Crippen LogP contribution in [-0.2, 0) is 9.59 Å². The van der Waals surface area contributed by atoms with Crippen LogP contribution in [0, 0.1) is 12.7 Å². The second kappa shape index (κ2) is 9.38. The summed E-state index contributed by atoms with van der Waals surface area (Å²) in [6, 6.07) is 9.76. The van der Waals surface area contributed by atoms with E-state index in [1.165, 1.54) is 6.07 Å². The number of nitrogens with one attached hydrogen (secondary N) is 3. The van der Waals surface area contributed by atoms with Crippen molar-refractivity contribution in [3.8, 4) is 11.5 Å². The summed E-state index contributed by atoms with van der Waals surface area (Å²) >= 11 is 0. The third-order valence-electron chi connectivity index (χ3n) is 4.60. The van der Waals surface area contributed by atoms with Crippen molar-refractivity contribution in [2.24, 2.45) is 0 Å². The number of ether oxygens (including phenoxy) is 2.